The van der Waals surface area contributed by atoms with Crippen LogP contribution in [-0.2, 0) is 0 Å². The molecule has 1 aromatic heterocycles. The monoisotopic (exact) mass is 302 g/mol. The summed E-state index contributed by atoms with van der Waals surface area (Å²) in [5.74, 6) is 1.19. The molecular weight excluding hydrogens is 284 g/mol. The number of hydrogen-bond donors (Lipinski definition) is 2. The van der Waals surface area contributed by atoms with E-state index in [9.17, 15) is 4.79 Å². The van der Waals surface area contributed by atoms with Gasteiger partial charge >= 0.3 is 6.03 Å². The van der Waals surface area contributed by atoms with Crippen molar-refractivity contribution in [3.8, 4) is 11.4 Å². The van der Waals surface area contributed by atoms with Crippen LogP contribution in [0.3, 0.4) is 0 Å². The number of anilines is 1. The van der Waals surface area contributed by atoms with E-state index >= 15 is 0 Å². The number of nitrogens with zero attached hydrogens (tertiary/aromatic N) is 2. The number of aromatic nitrogens is 2. The number of benzene rings is 1. The first kappa shape index (κ1) is 14.0. The van der Waals surface area contributed by atoms with Gasteiger partial charge in [-0.1, -0.05) is 43.7 Å². The Bertz CT molecular complexity index is 613. The number of urea groups is 1. The topological polar surface area (TPSA) is 66.9 Å². The van der Waals surface area contributed by atoms with Crippen LogP contribution in [0.2, 0.25) is 0 Å². The summed E-state index contributed by atoms with van der Waals surface area (Å²) < 4.78 is 4.27. The van der Waals surface area contributed by atoms with E-state index < -0.39 is 0 Å². The van der Waals surface area contributed by atoms with Gasteiger partial charge < -0.3 is 5.32 Å². The Kier molecular flexibility index (Phi) is 4.15. The van der Waals surface area contributed by atoms with Gasteiger partial charge in [0.25, 0.3) is 0 Å². The number of rotatable bonds is 3. The lowest BCUT2D eigenvalue weighted by molar-refractivity contribution is 0.246. The fourth-order valence-electron chi connectivity index (χ4n) is 2.64. The molecule has 1 saturated carbocycles. The molecule has 2 atom stereocenters. The summed E-state index contributed by atoms with van der Waals surface area (Å²) in [5.41, 5.74) is 0.951. The summed E-state index contributed by atoms with van der Waals surface area (Å²) in [5, 5.41) is 6.31. The molecule has 0 radical (unpaired) electrons. The molecular formula is C15H18N4OS. The van der Waals surface area contributed by atoms with Crippen LogP contribution in [0.15, 0.2) is 30.3 Å². The zero-order valence-corrected chi connectivity index (χ0v) is 12.7. The van der Waals surface area contributed by atoms with Crippen molar-refractivity contribution in [1.82, 2.24) is 14.7 Å². The Morgan fingerprint density at radius 2 is 2.10 bits per heavy atom. The van der Waals surface area contributed by atoms with Crippen molar-refractivity contribution < 1.29 is 4.79 Å². The minimum absolute atomic E-state index is 0.190. The maximum absolute atomic E-state index is 12.0. The van der Waals surface area contributed by atoms with E-state index in [0.717, 1.165) is 12.0 Å². The molecule has 1 aliphatic rings. The van der Waals surface area contributed by atoms with Gasteiger partial charge in [0.15, 0.2) is 5.82 Å². The third-order valence-corrected chi connectivity index (χ3v) is 4.49. The average molecular weight is 302 g/mol. The minimum Gasteiger partial charge on any atom is -0.335 e. The van der Waals surface area contributed by atoms with E-state index in [1.54, 1.807) is 0 Å². The molecule has 0 spiro atoms. The zero-order valence-electron chi connectivity index (χ0n) is 11.9. The predicted octanol–water partition coefficient (Wildman–Crippen LogP) is 3.52. The number of hydrogen-bond acceptors (Lipinski definition) is 4. The van der Waals surface area contributed by atoms with Crippen LogP contribution < -0.4 is 10.6 Å². The molecule has 0 unspecified atom stereocenters. The first-order valence-electron chi connectivity index (χ1n) is 7.19. The molecule has 2 amide bonds. The Balaban J connectivity index is 1.61. The Morgan fingerprint density at radius 1 is 1.29 bits per heavy atom. The van der Waals surface area contributed by atoms with E-state index in [-0.39, 0.29) is 12.1 Å². The molecule has 1 aromatic carbocycles. The van der Waals surface area contributed by atoms with E-state index in [1.165, 1.54) is 24.4 Å². The Morgan fingerprint density at radius 3 is 2.81 bits per heavy atom. The van der Waals surface area contributed by atoms with Gasteiger partial charge in [0.1, 0.15) is 0 Å². The van der Waals surface area contributed by atoms with Gasteiger partial charge in [-0.2, -0.15) is 9.36 Å². The Labute approximate surface area is 128 Å². The second-order valence-corrected chi connectivity index (χ2v) is 6.15. The molecule has 1 aliphatic carbocycles. The van der Waals surface area contributed by atoms with Crippen molar-refractivity contribution in [3.63, 3.8) is 0 Å². The van der Waals surface area contributed by atoms with Crippen LogP contribution in [0.4, 0.5) is 9.93 Å². The van der Waals surface area contributed by atoms with Crippen LogP contribution >= 0.6 is 11.5 Å². The highest BCUT2D eigenvalue weighted by Crippen LogP contribution is 2.25. The highest BCUT2D eigenvalue weighted by atomic mass is 32.1. The molecule has 0 bridgehead atoms. The lowest BCUT2D eigenvalue weighted by Gasteiger charge is -2.16. The van der Waals surface area contributed by atoms with Crippen LogP contribution in [0, 0.1) is 5.92 Å². The first-order chi connectivity index (χ1) is 10.2. The van der Waals surface area contributed by atoms with Crippen LogP contribution in [0.5, 0.6) is 0 Å². The van der Waals surface area contributed by atoms with Gasteiger partial charge in [0.05, 0.1) is 0 Å². The number of carbonyl (C=O) groups is 1. The molecule has 21 heavy (non-hydrogen) atoms. The molecule has 3 rings (SSSR count). The molecule has 110 valence electrons. The zero-order chi connectivity index (χ0) is 14.7. The van der Waals surface area contributed by atoms with Crippen LogP contribution in [0.1, 0.15) is 26.2 Å². The maximum Gasteiger partial charge on any atom is 0.321 e. The maximum atomic E-state index is 12.0. The standard InChI is InChI=1S/C15H18N4OS/c1-10-6-5-9-12(10)16-14(20)18-15-17-13(19-21-15)11-7-3-2-4-8-11/h2-4,7-8,10,12H,5-6,9H2,1H3,(H2,16,17,18,19,20)/t10-,12-/m0/s1. The van der Waals surface area contributed by atoms with Gasteiger partial charge in [-0.15, -0.1) is 0 Å². The summed E-state index contributed by atoms with van der Waals surface area (Å²) in [4.78, 5) is 16.3. The van der Waals surface area contributed by atoms with Gasteiger partial charge in [-0.05, 0) is 18.8 Å². The summed E-state index contributed by atoms with van der Waals surface area (Å²) in [6.07, 6.45) is 3.42. The fraction of sp³-hybridized carbons (Fsp3) is 0.400. The van der Waals surface area contributed by atoms with E-state index in [2.05, 4.69) is 26.9 Å². The highest BCUT2D eigenvalue weighted by Gasteiger charge is 2.25. The summed E-state index contributed by atoms with van der Waals surface area (Å²) in [6, 6.07) is 9.81. The molecule has 2 aromatic rings. The highest BCUT2D eigenvalue weighted by molar-refractivity contribution is 7.10. The average Bonchev–Trinajstić information content (AvgIpc) is 3.10. The third kappa shape index (κ3) is 3.39. The lowest BCUT2D eigenvalue weighted by Crippen LogP contribution is -2.39. The van der Waals surface area contributed by atoms with Crippen molar-refractivity contribution in [2.45, 2.75) is 32.2 Å². The van der Waals surface area contributed by atoms with Gasteiger partial charge in [-0.25, -0.2) is 4.79 Å². The van der Waals surface area contributed by atoms with E-state index in [1.807, 2.05) is 30.3 Å². The van der Waals surface area contributed by atoms with Gasteiger partial charge in [-0.3, -0.25) is 5.32 Å². The smallest absolute Gasteiger partial charge is 0.321 e. The summed E-state index contributed by atoms with van der Waals surface area (Å²) in [7, 11) is 0. The second kappa shape index (κ2) is 6.22. The summed E-state index contributed by atoms with van der Waals surface area (Å²) in [6.45, 7) is 2.18. The van der Waals surface area contributed by atoms with Crippen LogP contribution in [-0.4, -0.2) is 21.4 Å². The Hall–Kier alpha value is -1.95. The summed E-state index contributed by atoms with van der Waals surface area (Å²) >= 11 is 1.20. The van der Waals surface area contributed by atoms with Gasteiger partial charge in [0.2, 0.25) is 5.13 Å². The molecule has 1 heterocycles. The number of carbonyl (C=O) groups excluding carboxylic acids is 1. The SMILES string of the molecule is C[C@H]1CCC[C@@H]1NC(=O)Nc1nc(-c2ccccc2)ns1. The largest absolute Gasteiger partial charge is 0.335 e. The van der Waals surface area contributed by atoms with Gasteiger partial charge in [0, 0.05) is 23.1 Å². The lowest BCUT2D eigenvalue weighted by atomic mass is 10.1. The van der Waals surface area contributed by atoms with Crippen LogP contribution in [0.25, 0.3) is 11.4 Å². The molecule has 0 saturated heterocycles. The molecule has 1 fully saturated rings. The van der Waals surface area contributed by atoms with Crippen molar-refractivity contribution in [3.05, 3.63) is 30.3 Å². The van der Waals surface area contributed by atoms with E-state index in [4.69, 9.17) is 0 Å². The normalized spacial score (nSPS) is 21.2. The quantitative estimate of drug-likeness (QED) is 0.911. The van der Waals surface area contributed by atoms with Crippen molar-refractivity contribution in [1.29, 1.82) is 0 Å². The molecule has 2 N–H and O–H groups in total. The fourth-order valence-corrected chi connectivity index (χ4v) is 3.22. The number of amides is 2. The molecule has 6 heteroatoms. The minimum atomic E-state index is -0.190. The van der Waals surface area contributed by atoms with Crippen molar-refractivity contribution in [2.75, 3.05) is 5.32 Å². The predicted molar refractivity (Wildman–Crippen MR) is 84.3 cm³/mol. The van der Waals surface area contributed by atoms with Crippen molar-refractivity contribution in [2.24, 2.45) is 5.92 Å². The van der Waals surface area contributed by atoms with Crippen molar-refractivity contribution >= 4 is 22.7 Å². The van der Waals surface area contributed by atoms with E-state index in [0.29, 0.717) is 16.9 Å². The first-order valence-corrected chi connectivity index (χ1v) is 7.96. The second-order valence-electron chi connectivity index (χ2n) is 5.40. The molecule has 0 aliphatic heterocycles. The third-order valence-electron chi connectivity index (χ3n) is 3.86. The number of nitrogens with one attached hydrogen (secondary N) is 2. The molecule has 5 nitrogen and oxygen atoms in total.